The molecule has 0 aliphatic heterocycles. The van der Waals surface area contributed by atoms with Crippen molar-refractivity contribution in [3.8, 4) is 0 Å². The number of benzene rings is 2. The Morgan fingerprint density at radius 3 is 2.20 bits per heavy atom. The molecule has 0 spiro atoms. The van der Waals surface area contributed by atoms with Gasteiger partial charge in [-0.15, -0.1) is 11.8 Å². The minimum Gasteiger partial charge on any atom is -0.312 e. The zero-order chi connectivity index (χ0) is 14.4. The van der Waals surface area contributed by atoms with Crippen molar-refractivity contribution in [3.63, 3.8) is 0 Å². The Labute approximate surface area is 122 Å². The summed E-state index contributed by atoms with van der Waals surface area (Å²) in [6.45, 7) is 1.44. The van der Waals surface area contributed by atoms with E-state index in [4.69, 9.17) is 0 Å². The van der Waals surface area contributed by atoms with Gasteiger partial charge in [-0.25, -0.2) is 8.78 Å². The van der Waals surface area contributed by atoms with Crippen LogP contribution in [0.2, 0.25) is 0 Å². The van der Waals surface area contributed by atoms with Crippen molar-refractivity contribution in [1.29, 1.82) is 0 Å². The van der Waals surface area contributed by atoms with Crippen molar-refractivity contribution >= 4 is 11.8 Å². The van der Waals surface area contributed by atoms with Gasteiger partial charge in [0.25, 0.3) is 0 Å². The Morgan fingerprint density at radius 1 is 0.950 bits per heavy atom. The monoisotopic (exact) mass is 293 g/mol. The number of halogens is 2. The first-order valence-electron chi connectivity index (χ1n) is 6.46. The lowest BCUT2D eigenvalue weighted by Crippen LogP contribution is -2.16. The number of thioether (sulfide) groups is 1. The van der Waals surface area contributed by atoms with Crippen LogP contribution >= 0.6 is 11.8 Å². The second kappa shape index (κ2) is 7.41. The van der Waals surface area contributed by atoms with Gasteiger partial charge in [0.1, 0.15) is 11.6 Å². The molecule has 0 saturated heterocycles. The van der Waals surface area contributed by atoms with Crippen LogP contribution < -0.4 is 5.32 Å². The molecular weight excluding hydrogens is 276 g/mol. The maximum absolute atomic E-state index is 13.0. The summed E-state index contributed by atoms with van der Waals surface area (Å²) >= 11 is 1.71. The smallest absolute Gasteiger partial charge is 0.126 e. The first-order chi connectivity index (χ1) is 9.67. The molecule has 20 heavy (non-hydrogen) atoms. The van der Waals surface area contributed by atoms with Crippen LogP contribution in [0, 0.1) is 11.6 Å². The minimum absolute atomic E-state index is 0.521. The summed E-state index contributed by atoms with van der Waals surface area (Å²) in [5, 5.41) is 3.27. The van der Waals surface area contributed by atoms with Gasteiger partial charge in [-0.05, 0) is 54.6 Å². The third-order valence-electron chi connectivity index (χ3n) is 3.00. The molecule has 0 fully saturated rings. The fourth-order valence-corrected chi connectivity index (χ4v) is 2.37. The Hall–Kier alpha value is -1.39. The molecule has 2 rings (SSSR count). The topological polar surface area (TPSA) is 12.0 Å². The van der Waals surface area contributed by atoms with Gasteiger partial charge in [0.05, 0.1) is 0 Å². The fourth-order valence-electron chi connectivity index (χ4n) is 1.96. The van der Waals surface area contributed by atoms with Crippen molar-refractivity contribution in [2.45, 2.75) is 17.9 Å². The Kier molecular flexibility index (Phi) is 5.56. The van der Waals surface area contributed by atoms with Crippen LogP contribution in [-0.2, 0) is 13.0 Å². The van der Waals surface area contributed by atoms with Gasteiger partial charge in [-0.3, -0.25) is 0 Å². The van der Waals surface area contributed by atoms with E-state index in [2.05, 4.69) is 29.6 Å². The van der Waals surface area contributed by atoms with E-state index in [0.29, 0.717) is 18.5 Å². The van der Waals surface area contributed by atoms with Gasteiger partial charge < -0.3 is 5.32 Å². The molecule has 0 aromatic heterocycles. The van der Waals surface area contributed by atoms with Crippen LogP contribution in [0.4, 0.5) is 8.78 Å². The number of hydrogen-bond acceptors (Lipinski definition) is 2. The summed E-state index contributed by atoms with van der Waals surface area (Å²) in [5.41, 5.74) is 1.88. The molecule has 4 heteroatoms. The van der Waals surface area contributed by atoms with Crippen molar-refractivity contribution in [3.05, 3.63) is 65.2 Å². The second-order valence-electron chi connectivity index (χ2n) is 4.55. The third-order valence-corrected chi connectivity index (χ3v) is 3.74. The molecule has 0 atom stereocenters. The van der Waals surface area contributed by atoms with Crippen LogP contribution in [-0.4, -0.2) is 12.8 Å². The van der Waals surface area contributed by atoms with E-state index in [9.17, 15) is 8.78 Å². The summed E-state index contributed by atoms with van der Waals surface area (Å²) in [6.07, 6.45) is 2.66. The predicted octanol–water partition coefficient (Wildman–Crippen LogP) is 4.02. The fraction of sp³-hybridized carbons (Fsp3) is 0.250. The molecule has 2 aromatic rings. The van der Waals surface area contributed by atoms with E-state index < -0.39 is 11.6 Å². The van der Waals surface area contributed by atoms with Gasteiger partial charge in [0.15, 0.2) is 0 Å². The van der Waals surface area contributed by atoms with Gasteiger partial charge >= 0.3 is 0 Å². The molecule has 0 amide bonds. The zero-order valence-corrected chi connectivity index (χ0v) is 12.1. The van der Waals surface area contributed by atoms with Crippen LogP contribution in [0.25, 0.3) is 0 Å². The molecule has 0 aliphatic rings. The molecule has 0 heterocycles. The summed E-state index contributed by atoms with van der Waals surface area (Å²) < 4.78 is 26.0. The Bertz CT molecular complexity index is 535. The molecule has 0 radical (unpaired) electrons. The molecule has 2 aromatic carbocycles. The summed E-state index contributed by atoms with van der Waals surface area (Å²) in [6, 6.07) is 12.0. The van der Waals surface area contributed by atoms with Crippen LogP contribution in [0.3, 0.4) is 0 Å². The average molecular weight is 293 g/mol. The minimum atomic E-state index is -0.521. The third kappa shape index (κ3) is 4.62. The van der Waals surface area contributed by atoms with Crippen molar-refractivity contribution < 1.29 is 8.78 Å². The molecule has 0 unspecified atom stereocenters. The standard InChI is InChI=1S/C16H17F2NS/c1-20-16-4-2-12(3-5-16)11-19-7-6-13-8-14(17)10-15(18)9-13/h2-5,8-10,19H,6-7,11H2,1H3. The van der Waals surface area contributed by atoms with E-state index in [1.807, 2.05) is 6.26 Å². The SMILES string of the molecule is CSc1ccc(CNCCc2cc(F)cc(F)c2)cc1. The van der Waals surface area contributed by atoms with E-state index in [-0.39, 0.29) is 0 Å². The average Bonchev–Trinajstić information content (AvgIpc) is 2.43. The quantitative estimate of drug-likeness (QED) is 0.638. The lowest BCUT2D eigenvalue weighted by atomic mass is 10.1. The van der Waals surface area contributed by atoms with Crippen molar-refractivity contribution in [2.75, 3.05) is 12.8 Å². The number of nitrogens with one attached hydrogen (secondary N) is 1. The normalized spacial score (nSPS) is 10.8. The second-order valence-corrected chi connectivity index (χ2v) is 5.43. The van der Waals surface area contributed by atoms with Crippen molar-refractivity contribution in [2.24, 2.45) is 0 Å². The van der Waals surface area contributed by atoms with Crippen LogP contribution in [0.5, 0.6) is 0 Å². The zero-order valence-electron chi connectivity index (χ0n) is 11.3. The largest absolute Gasteiger partial charge is 0.312 e. The highest BCUT2D eigenvalue weighted by Gasteiger charge is 2.00. The number of hydrogen-bond donors (Lipinski definition) is 1. The Balaban J connectivity index is 1.78. The highest BCUT2D eigenvalue weighted by molar-refractivity contribution is 7.98. The molecule has 1 N–H and O–H groups in total. The molecule has 0 saturated carbocycles. The molecule has 1 nitrogen and oxygen atoms in total. The first kappa shape index (κ1) is 15.0. The molecular formula is C16H17F2NS. The van der Waals surface area contributed by atoms with Gasteiger partial charge in [0, 0.05) is 17.5 Å². The maximum Gasteiger partial charge on any atom is 0.126 e. The Morgan fingerprint density at radius 2 is 1.60 bits per heavy atom. The summed E-state index contributed by atoms with van der Waals surface area (Å²) in [4.78, 5) is 1.24. The van der Waals surface area contributed by atoms with Crippen LogP contribution in [0.15, 0.2) is 47.4 Å². The molecule has 106 valence electrons. The molecule has 0 bridgehead atoms. The number of rotatable bonds is 6. The van der Waals surface area contributed by atoms with Crippen LogP contribution in [0.1, 0.15) is 11.1 Å². The van der Waals surface area contributed by atoms with E-state index >= 15 is 0 Å². The summed E-state index contributed by atoms with van der Waals surface area (Å²) in [5.74, 6) is -1.04. The lowest BCUT2D eigenvalue weighted by molar-refractivity contribution is 0.577. The van der Waals surface area contributed by atoms with E-state index in [1.165, 1.54) is 22.6 Å². The van der Waals surface area contributed by atoms with Gasteiger partial charge in [0.2, 0.25) is 0 Å². The summed E-state index contributed by atoms with van der Waals surface area (Å²) in [7, 11) is 0. The van der Waals surface area contributed by atoms with Gasteiger partial charge in [-0.2, -0.15) is 0 Å². The van der Waals surface area contributed by atoms with E-state index in [1.54, 1.807) is 11.8 Å². The van der Waals surface area contributed by atoms with Crippen molar-refractivity contribution in [1.82, 2.24) is 5.32 Å². The molecule has 0 aliphatic carbocycles. The van der Waals surface area contributed by atoms with E-state index in [0.717, 1.165) is 12.6 Å². The first-order valence-corrected chi connectivity index (χ1v) is 7.68. The highest BCUT2D eigenvalue weighted by Crippen LogP contribution is 2.14. The predicted molar refractivity (Wildman–Crippen MR) is 80.0 cm³/mol. The highest BCUT2D eigenvalue weighted by atomic mass is 32.2. The lowest BCUT2D eigenvalue weighted by Gasteiger charge is -2.06. The van der Waals surface area contributed by atoms with Gasteiger partial charge in [-0.1, -0.05) is 12.1 Å². The maximum atomic E-state index is 13.0.